The van der Waals surface area contributed by atoms with Gasteiger partial charge in [-0.05, 0) is 61.0 Å². The van der Waals surface area contributed by atoms with E-state index in [1.54, 1.807) is 66.7 Å². The minimum Gasteiger partial charge on any atom is -0.507 e. The number of anilines is 1. The van der Waals surface area contributed by atoms with Crippen LogP contribution in [0.15, 0.2) is 109 Å². The molecule has 4 aromatic rings. The molecular weight excluding hydrogens is 482 g/mol. The van der Waals surface area contributed by atoms with Crippen LogP contribution < -0.4 is 14.4 Å². The second kappa shape index (κ2) is 10.5. The van der Waals surface area contributed by atoms with E-state index in [2.05, 4.69) is 0 Å². The van der Waals surface area contributed by atoms with Crippen LogP contribution in [0, 0.1) is 0 Å². The zero-order chi connectivity index (χ0) is 26.6. The van der Waals surface area contributed by atoms with Crippen molar-refractivity contribution in [2.75, 3.05) is 11.5 Å². The van der Waals surface area contributed by atoms with Gasteiger partial charge in [0.05, 0.1) is 23.9 Å². The molecule has 2 N–H and O–H groups in total. The van der Waals surface area contributed by atoms with Gasteiger partial charge < -0.3 is 19.7 Å². The Bertz CT molecular complexity index is 1530. The fourth-order valence-electron chi connectivity index (χ4n) is 4.49. The Morgan fingerprint density at radius 2 is 1.50 bits per heavy atom. The first-order valence-electron chi connectivity index (χ1n) is 12.1. The quantitative estimate of drug-likeness (QED) is 0.175. The number of ketones is 1. The maximum atomic E-state index is 13.4. The summed E-state index contributed by atoms with van der Waals surface area (Å²) in [5.74, 6) is -0.639. The van der Waals surface area contributed by atoms with E-state index in [4.69, 9.17) is 9.47 Å². The molecule has 1 atom stereocenters. The number of amides is 1. The summed E-state index contributed by atoms with van der Waals surface area (Å²) in [5, 5.41) is 22.0. The van der Waals surface area contributed by atoms with Crippen LogP contribution in [-0.2, 0) is 9.59 Å². The molecule has 1 aliphatic heterocycles. The van der Waals surface area contributed by atoms with Gasteiger partial charge in [0.25, 0.3) is 11.7 Å². The summed E-state index contributed by atoms with van der Waals surface area (Å²) >= 11 is 0. The summed E-state index contributed by atoms with van der Waals surface area (Å²) in [5.41, 5.74) is 0.885. The van der Waals surface area contributed by atoms with Gasteiger partial charge >= 0.3 is 0 Å². The number of carbonyl (C=O) groups is 2. The lowest BCUT2D eigenvalue weighted by molar-refractivity contribution is -0.132. The smallest absolute Gasteiger partial charge is 0.300 e. The second-order valence-corrected chi connectivity index (χ2v) is 8.61. The number of phenolic OH excluding ortho intramolecular Hbond substituents is 1. The number of hydrogen-bond acceptors (Lipinski definition) is 6. The molecule has 0 aliphatic carbocycles. The molecule has 0 aromatic heterocycles. The van der Waals surface area contributed by atoms with Gasteiger partial charge in [0.2, 0.25) is 0 Å². The van der Waals surface area contributed by atoms with Crippen LogP contribution in [0.4, 0.5) is 5.69 Å². The van der Waals surface area contributed by atoms with E-state index in [9.17, 15) is 19.8 Å². The monoisotopic (exact) mass is 507 g/mol. The van der Waals surface area contributed by atoms with Crippen LogP contribution >= 0.6 is 0 Å². The molecule has 38 heavy (non-hydrogen) atoms. The third-order valence-electron chi connectivity index (χ3n) is 6.16. The fourth-order valence-corrected chi connectivity index (χ4v) is 4.49. The van der Waals surface area contributed by atoms with Gasteiger partial charge in [0, 0.05) is 5.56 Å². The Morgan fingerprint density at radius 1 is 0.816 bits per heavy atom. The molecule has 5 rings (SSSR count). The predicted molar refractivity (Wildman–Crippen MR) is 143 cm³/mol. The van der Waals surface area contributed by atoms with Crippen molar-refractivity contribution < 1.29 is 29.3 Å². The highest BCUT2D eigenvalue weighted by Crippen LogP contribution is 2.45. The molecule has 1 fully saturated rings. The van der Waals surface area contributed by atoms with Crippen molar-refractivity contribution in [1.82, 2.24) is 0 Å². The van der Waals surface area contributed by atoms with Crippen LogP contribution in [-0.4, -0.2) is 28.5 Å². The lowest BCUT2D eigenvalue weighted by atomic mass is 9.95. The lowest BCUT2D eigenvalue weighted by Gasteiger charge is -2.26. The molecule has 0 radical (unpaired) electrons. The van der Waals surface area contributed by atoms with Crippen LogP contribution in [0.1, 0.15) is 24.1 Å². The molecule has 7 heteroatoms. The van der Waals surface area contributed by atoms with Crippen molar-refractivity contribution in [3.63, 3.8) is 0 Å². The topological polar surface area (TPSA) is 96.3 Å². The van der Waals surface area contributed by atoms with Gasteiger partial charge in [-0.3, -0.25) is 14.5 Å². The van der Waals surface area contributed by atoms with Gasteiger partial charge in [0.15, 0.2) is 0 Å². The molecular formula is C31H25NO6. The number of para-hydroxylation sites is 3. The largest absolute Gasteiger partial charge is 0.507 e. The number of aliphatic hydroxyl groups excluding tert-OH is 1. The number of Topliss-reactive ketones (excluding diaryl/α,β-unsaturated/α-hetero) is 1. The maximum Gasteiger partial charge on any atom is 0.300 e. The normalized spacial score (nSPS) is 16.4. The van der Waals surface area contributed by atoms with Crippen molar-refractivity contribution in [3.05, 3.63) is 120 Å². The van der Waals surface area contributed by atoms with Crippen molar-refractivity contribution >= 4 is 23.1 Å². The average Bonchev–Trinajstić information content (AvgIpc) is 3.19. The van der Waals surface area contributed by atoms with Crippen LogP contribution in [0.5, 0.6) is 23.0 Å². The minimum atomic E-state index is -1.03. The van der Waals surface area contributed by atoms with Crippen LogP contribution in [0.3, 0.4) is 0 Å². The van der Waals surface area contributed by atoms with Crippen molar-refractivity contribution in [3.8, 4) is 23.0 Å². The third kappa shape index (κ3) is 4.69. The minimum absolute atomic E-state index is 0.108. The van der Waals surface area contributed by atoms with Crippen molar-refractivity contribution in [2.24, 2.45) is 0 Å². The van der Waals surface area contributed by atoms with E-state index in [0.29, 0.717) is 35.0 Å². The number of aromatic hydroxyl groups is 1. The summed E-state index contributed by atoms with van der Waals surface area (Å²) in [6.45, 7) is 2.27. The van der Waals surface area contributed by atoms with Gasteiger partial charge in [0.1, 0.15) is 28.8 Å². The summed E-state index contributed by atoms with van der Waals surface area (Å²) in [6, 6.07) is 28.1. The lowest BCUT2D eigenvalue weighted by Crippen LogP contribution is -2.29. The number of aliphatic hydroxyl groups is 1. The number of benzene rings is 4. The first-order valence-corrected chi connectivity index (χ1v) is 12.1. The van der Waals surface area contributed by atoms with Gasteiger partial charge in [-0.25, -0.2) is 0 Å². The maximum absolute atomic E-state index is 13.4. The fraction of sp³-hybridized carbons (Fsp3) is 0.0968. The van der Waals surface area contributed by atoms with Crippen LogP contribution in [0.2, 0.25) is 0 Å². The SMILES string of the molecule is CCOc1cccc(/C(O)=C2/C(=O)C(=O)N(c3ccccc3O)C2c2cccc(Oc3ccccc3)c2)c1. The molecule has 1 aliphatic rings. The second-order valence-electron chi connectivity index (χ2n) is 8.61. The molecule has 0 spiro atoms. The van der Waals surface area contributed by atoms with E-state index in [1.165, 1.54) is 11.0 Å². The Morgan fingerprint density at radius 3 is 2.26 bits per heavy atom. The Labute approximate surface area is 219 Å². The molecule has 1 unspecified atom stereocenters. The molecule has 4 aromatic carbocycles. The molecule has 0 bridgehead atoms. The molecule has 1 saturated heterocycles. The summed E-state index contributed by atoms with van der Waals surface area (Å²) < 4.78 is 11.5. The van der Waals surface area contributed by atoms with E-state index >= 15 is 0 Å². The number of phenols is 1. The average molecular weight is 508 g/mol. The highest BCUT2D eigenvalue weighted by molar-refractivity contribution is 6.51. The molecule has 0 saturated carbocycles. The zero-order valence-corrected chi connectivity index (χ0v) is 20.6. The van der Waals surface area contributed by atoms with E-state index < -0.39 is 17.7 Å². The van der Waals surface area contributed by atoms with Gasteiger partial charge in [-0.15, -0.1) is 0 Å². The van der Waals surface area contributed by atoms with Gasteiger partial charge in [-0.1, -0.05) is 54.6 Å². The highest BCUT2D eigenvalue weighted by Gasteiger charge is 2.47. The summed E-state index contributed by atoms with van der Waals surface area (Å²) in [6.07, 6.45) is 0. The molecule has 190 valence electrons. The standard InChI is InChI=1S/C31H25NO6/c1-2-37-23-14-9-11-21(19-23)29(34)27-28(32(31(36)30(27)35)25-16-6-7-17-26(25)33)20-10-8-15-24(18-20)38-22-12-4-3-5-13-22/h3-19,28,33-34H,2H2,1H3/b29-27-. The Hall–Kier alpha value is -5.04. The molecule has 1 heterocycles. The predicted octanol–water partition coefficient (Wildman–Crippen LogP) is 6.21. The zero-order valence-electron chi connectivity index (χ0n) is 20.6. The summed E-state index contributed by atoms with van der Waals surface area (Å²) in [7, 11) is 0. The first kappa shape index (κ1) is 24.6. The van der Waals surface area contributed by atoms with E-state index in [0.717, 1.165) is 0 Å². The number of carbonyl (C=O) groups excluding carboxylic acids is 2. The number of nitrogens with zero attached hydrogens (tertiary/aromatic N) is 1. The van der Waals surface area contributed by atoms with E-state index in [1.807, 2.05) is 37.3 Å². The number of hydrogen-bond donors (Lipinski definition) is 2. The van der Waals surface area contributed by atoms with Crippen molar-refractivity contribution in [2.45, 2.75) is 13.0 Å². The Kier molecular flexibility index (Phi) is 6.82. The molecule has 7 nitrogen and oxygen atoms in total. The van der Waals surface area contributed by atoms with E-state index in [-0.39, 0.29) is 22.8 Å². The molecule has 1 amide bonds. The van der Waals surface area contributed by atoms with Gasteiger partial charge in [-0.2, -0.15) is 0 Å². The summed E-state index contributed by atoms with van der Waals surface area (Å²) in [4.78, 5) is 28.0. The highest BCUT2D eigenvalue weighted by atomic mass is 16.5. The number of rotatable bonds is 7. The number of ether oxygens (including phenoxy) is 2. The Balaban J connectivity index is 1.67. The first-order chi connectivity index (χ1) is 18.5. The van der Waals surface area contributed by atoms with Crippen LogP contribution in [0.25, 0.3) is 5.76 Å². The third-order valence-corrected chi connectivity index (χ3v) is 6.16. The van der Waals surface area contributed by atoms with Crippen molar-refractivity contribution in [1.29, 1.82) is 0 Å².